The third-order valence-electron chi connectivity index (χ3n) is 1.35. The van der Waals surface area contributed by atoms with Gasteiger partial charge in [0.25, 0.3) is 0 Å². The van der Waals surface area contributed by atoms with Crippen molar-refractivity contribution in [2.75, 3.05) is 0 Å². The Labute approximate surface area is 84.0 Å². The van der Waals surface area contributed by atoms with Crippen LogP contribution in [0.4, 0.5) is 0 Å². The van der Waals surface area contributed by atoms with Gasteiger partial charge < -0.3 is 6.22 Å². The molecular formula is C6H17NaOSi. The van der Waals surface area contributed by atoms with Gasteiger partial charge in [0.15, 0.2) is 9.76 Å². The maximum absolute atomic E-state index is 8.86. The molecule has 0 aromatic heterocycles. The molecule has 0 aliphatic heterocycles. The molecule has 3 heteroatoms. The monoisotopic (exact) mass is 156 g/mol. The van der Waals surface area contributed by atoms with Gasteiger partial charge >= 0.3 is 29.6 Å². The first-order valence-electron chi connectivity index (χ1n) is 3.23. The Balaban J connectivity index is -0.000000245. The van der Waals surface area contributed by atoms with Crippen LogP contribution >= 0.6 is 0 Å². The summed E-state index contributed by atoms with van der Waals surface area (Å²) in [7, 11) is -0.769. The SMILES string of the molecule is CCCC(C)(C)[SiH2]O.[H-].[Na+]. The Morgan fingerprint density at radius 1 is 1.56 bits per heavy atom. The van der Waals surface area contributed by atoms with E-state index in [1.165, 1.54) is 12.8 Å². The molecule has 0 saturated heterocycles. The summed E-state index contributed by atoms with van der Waals surface area (Å²) in [6.45, 7) is 6.44. The van der Waals surface area contributed by atoms with Gasteiger partial charge in [-0.1, -0.05) is 27.2 Å². The minimum absolute atomic E-state index is 0. The van der Waals surface area contributed by atoms with Crippen LogP contribution in [0.25, 0.3) is 0 Å². The Bertz CT molecular complexity index is 70.8. The quantitative estimate of drug-likeness (QED) is 0.477. The number of hydrogen-bond acceptors (Lipinski definition) is 1. The third kappa shape index (κ3) is 7.07. The van der Waals surface area contributed by atoms with Crippen LogP contribution in [0.3, 0.4) is 0 Å². The van der Waals surface area contributed by atoms with Crippen molar-refractivity contribution in [2.45, 2.75) is 38.7 Å². The molecule has 0 aliphatic rings. The van der Waals surface area contributed by atoms with Gasteiger partial charge in [-0.05, 0) is 11.5 Å². The van der Waals surface area contributed by atoms with Gasteiger partial charge in [-0.2, -0.15) is 0 Å². The fourth-order valence-corrected chi connectivity index (χ4v) is 1.27. The standard InChI is InChI=1S/C6H16OSi.Na.H/c1-4-5-6(2,3)8-7;;/h7H,4-5,8H2,1-3H3;;/q;+1;-1. The summed E-state index contributed by atoms with van der Waals surface area (Å²) in [5.74, 6) is 0. The zero-order valence-corrected chi connectivity index (χ0v) is 10.5. The van der Waals surface area contributed by atoms with Crippen LogP contribution in [0.1, 0.15) is 35.0 Å². The summed E-state index contributed by atoms with van der Waals surface area (Å²) in [6.07, 6.45) is 2.37. The molecule has 1 nitrogen and oxygen atoms in total. The van der Waals surface area contributed by atoms with Crippen molar-refractivity contribution in [1.29, 1.82) is 0 Å². The van der Waals surface area contributed by atoms with E-state index in [-0.39, 0.29) is 36.0 Å². The molecule has 52 valence electrons. The second kappa shape index (κ2) is 5.92. The molecule has 0 bridgehead atoms. The topological polar surface area (TPSA) is 20.2 Å². The average Bonchev–Trinajstić information content (AvgIpc) is 1.67. The molecule has 0 radical (unpaired) electrons. The van der Waals surface area contributed by atoms with E-state index in [4.69, 9.17) is 4.80 Å². The first kappa shape index (κ1) is 12.8. The molecule has 0 atom stereocenters. The minimum Gasteiger partial charge on any atom is -1.00 e. The van der Waals surface area contributed by atoms with Gasteiger partial charge in [0.05, 0.1) is 0 Å². The van der Waals surface area contributed by atoms with E-state index < -0.39 is 9.76 Å². The normalized spacial score (nSPS) is 12.0. The Hall–Kier alpha value is 1.18. The van der Waals surface area contributed by atoms with Crippen molar-refractivity contribution >= 4 is 9.76 Å². The van der Waals surface area contributed by atoms with Gasteiger partial charge in [0.1, 0.15) is 0 Å². The Morgan fingerprint density at radius 2 is 2.00 bits per heavy atom. The van der Waals surface area contributed by atoms with Crippen LogP contribution in [0.2, 0.25) is 5.04 Å². The maximum atomic E-state index is 8.86. The predicted octanol–water partition coefficient (Wildman–Crippen LogP) is -1.82. The zero-order chi connectivity index (χ0) is 6.62. The smallest absolute Gasteiger partial charge is 1.00 e. The van der Waals surface area contributed by atoms with E-state index in [0.717, 1.165) is 0 Å². The Morgan fingerprint density at radius 3 is 2.11 bits per heavy atom. The summed E-state index contributed by atoms with van der Waals surface area (Å²) < 4.78 is 0. The number of rotatable bonds is 3. The van der Waals surface area contributed by atoms with Gasteiger partial charge in [0.2, 0.25) is 0 Å². The fourth-order valence-electron chi connectivity index (χ4n) is 0.756. The van der Waals surface area contributed by atoms with E-state index in [1.54, 1.807) is 0 Å². The minimum atomic E-state index is -0.769. The van der Waals surface area contributed by atoms with Crippen molar-refractivity contribution in [1.82, 2.24) is 0 Å². The molecule has 0 rings (SSSR count). The first-order chi connectivity index (χ1) is 3.62. The van der Waals surface area contributed by atoms with Crippen molar-refractivity contribution in [2.24, 2.45) is 0 Å². The fraction of sp³-hybridized carbons (Fsp3) is 1.00. The molecule has 0 unspecified atom stereocenters. The van der Waals surface area contributed by atoms with Crippen LogP contribution in [0, 0.1) is 0 Å². The molecular weight excluding hydrogens is 139 g/mol. The molecule has 0 fully saturated rings. The summed E-state index contributed by atoms with van der Waals surface area (Å²) in [5.41, 5.74) is 0. The number of hydrogen-bond donors (Lipinski definition) is 1. The Kier molecular flexibility index (Phi) is 8.44. The van der Waals surface area contributed by atoms with Crippen molar-refractivity contribution in [3.8, 4) is 0 Å². The average molecular weight is 156 g/mol. The first-order valence-corrected chi connectivity index (χ1v) is 4.57. The summed E-state index contributed by atoms with van der Waals surface area (Å²) in [4.78, 5) is 8.86. The van der Waals surface area contributed by atoms with E-state index in [2.05, 4.69) is 20.8 Å². The largest absolute Gasteiger partial charge is 1.00 e. The molecule has 9 heavy (non-hydrogen) atoms. The maximum Gasteiger partial charge on any atom is 1.00 e. The van der Waals surface area contributed by atoms with Crippen molar-refractivity contribution in [3.63, 3.8) is 0 Å². The molecule has 0 amide bonds. The van der Waals surface area contributed by atoms with Crippen molar-refractivity contribution in [3.05, 3.63) is 0 Å². The van der Waals surface area contributed by atoms with Crippen LogP contribution < -0.4 is 29.6 Å². The molecule has 0 spiro atoms. The summed E-state index contributed by atoms with van der Waals surface area (Å²) >= 11 is 0. The van der Waals surface area contributed by atoms with Gasteiger partial charge in [-0.25, -0.2) is 0 Å². The van der Waals surface area contributed by atoms with E-state index >= 15 is 0 Å². The third-order valence-corrected chi connectivity index (χ3v) is 2.56. The van der Waals surface area contributed by atoms with E-state index in [1.807, 2.05) is 0 Å². The summed E-state index contributed by atoms with van der Waals surface area (Å²) in [6, 6.07) is 0. The summed E-state index contributed by atoms with van der Waals surface area (Å²) in [5, 5.41) is 0.286. The molecule has 0 saturated carbocycles. The van der Waals surface area contributed by atoms with Crippen LogP contribution in [-0.2, 0) is 0 Å². The molecule has 0 aromatic carbocycles. The predicted molar refractivity (Wildman–Crippen MR) is 40.8 cm³/mol. The molecule has 0 aliphatic carbocycles. The van der Waals surface area contributed by atoms with Gasteiger partial charge in [-0.3, -0.25) is 0 Å². The molecule has 1 N–H and O–H groups in total. The van der Waals surface area contributed by atoms with Gasteiger partial charge in [-0.15, -0.1) is 0 Å². The zero-order valence-electron chi connectivity index (χ0n) is 8.07. The van der Waals surface area contributed by atoms with Crippen molar-refractivity contribution < 1.29 is 35.8 Å². The second-order valence-electron chi connectivity index (χ2n) is 3.07. The molecule has 0 heterocycles. The van der Waals surface area contributed by atoms with Crippen LogP contribution in [-0.4, -0.2) is 14.6 Å². The molecule has 0 aromatic rings. The van der Waals surface area contributed by atoms with Gasteiger partial charge in [0, 0.05) is 0 Å². The van der Waals surface area contributed by atoms with Crippen LogP contribution in [0.5, 0.6) is 0 Å². The van der Waals surface area contributed by atoms with E-state index in [9.17, 15) is 0 Å². The second-order valence-corrected chi connectivity index (χ2v) is 5.30. The van der Waals surface area contributed by atoms with Crippen LogP contribution in [0.15, 0.2) is 0 Å². The van der Waals surface area contributed by atoms with E-state index in [0.29, 0.717) is 0 Å².